The molecule has 0 unspecified atom stereocenters. The van der Waals surface area contributed by atoms with Crippen molar-refractivity contribution in [3.63, 3.8) is 0 Å². The fraction of sp³-hybridized carbons (Fsp3) is 0.182. The van der Waals surface area contributed by atoms with Gasteiger partial charge in [0.15, 0.2) is 0 Å². The molecule has 136 valence electrons. The molecule has 0 amide bonds. The van der Waals surface area contributed by atoms with E-state index in [0.29, 0.717) is 18.5 Å². The van der Waals surface area contributed by atoms with Crippen LogP contribution in [0.1, 0.15) is 12.0 Å². The van der Waals surface area contributed by atoms with Crippen LogP contribution in [0.5, 0.6) is 5.75 Å². The maximum Gasteiger partial charge on any atom is 0.262 e. The number of nitrogens with zero attached hydrogens (tertiary/aromatic N) is 2. The molecule has 0 aliphatic carbocycles. The average Bonchev–Trinajstić information content (AvgIpc) is 3.14. The van der Waals surface area contributed by atoms with Gasteiger partial charge in [-0.1, -0.05) is 48.0 Å². The molecule has 0 aliphatic rings. The van der Waals surface area contributed by atoms with Crippen molar-refractivity contribution in [3.8, 4) is 16.9 Å². The van der Waals surface area contributed by atoms with Crippen LogP contribution in [0.4, 0.5) is 0 Å². The van der Waals surface area contributed by atoms with Gasteiger partial charge in [0.2, 0.25) is 0 Å². The Morgan fingerprint density at radius 2 is 1.85 bits per heavy atom. The molecule has 0 aliphatic heterocycles. The summed E-state index contributed by atoms with van der Waals surface area (Å²) in [5.41, 5.74) is 3.22. The molecule has 0 fully saturated rings. The maximum atomic E-state index is 13.0. The van der Waals surface area contributed by atoms with Crippen molar-refractivity contribution in [1.29, 1.82) is 0 Å². The number of aryl methyl sites for hydroxylation is 2. The first-order valence-electron chi connectivity index (χ1n) is 8.94. The highest BCUT2D eigenvalue weighted by Gasteiger charge is 2.12. The van der Waals surface area contributed by atoms with Gasteiger partial charge in [0.25, 0.3) is 5.56 Å². The summed E-state index contributed by atoms with van der Waals surface area (Å²) in [5, 5.41) is 2.72. The highest BCUT2D eigenvalue weighted by Crippen LogP contribution is 2.30. The second-order valence-corrected chi connectivity index (χ2v) is 7.31. The molecule has 0 saturated heterocycles. The molecule has 27 heavy (non-hydrogen) atoms. The Bertz CT molecular complexity index is 1100. The van der Waals surface area contributed by atoms with Crippen molar-refractivity contribution in [2.75, 3.05) is 6.61 Å². The summed E-state index contributed by atoms with van der Waals surface area (Å²) in [4.78, 5) is 18.2. The Kier molecular flexibility index (Phi) is 5.03. The lowest BCUT2D eigenvalue weighted by molar-refractivity contribution is 0.301. The van der Waals surface area contributed by atoms with E-state index in [1.165, 1.54) is 16.9 Å². The molecular formula is C22H20N2O2S. The Labute approximate surface area is 161 Å². The van der Waals surface area contributed by atoms with Gasteiger partial charge < -0.3 is 4.74 Å². The van der Waals surface area contributed by atoms with Gasteiger partial charge >= 0.3 is 0 Å². The molecule has 4 rings (SSSR count). The van der Waals surface area contributed by atoms with E-state index in [2.05, 4.69) is 4.98 Å². The third-order valence-corrected chi connectivity index (χ3v) is 5.36. The lowest BCUT2D eigenvalue weighted by atomic mass is 10.1. The largest absolute Gasteiger partial charge is 0.494 e. The number of hydrogen-bond donors (Lipinski definition) is 0. The van der Waals surface area contributed by atoms with Crippen LogP contribution < -0.4 is 10.3 Å². The van der Waals surface area contributed by atoms with Crippen LogP contribution in [-0.2, 0) is 6.54 Å². The van der Waals surface area contributed by atoms with Crippen molar-refractivity contribution in [2.45, 2.75) is 19.9 Å². The maximum absolute atomic E-state index is 13.0. The van der Waals surface area contributed by atoms with Gasteiger partial charge in [-0.2, -0.15) is 0 Å². The van der Waals surface area contributed by atoms with Crippen molar-refractivity contribution in [1.82, 2.24) is 9.55 Å². The molecule has 0 spiro atoms. The number of fused-ring (bicyclic) bond motifs is 1. The first-order chi connectivity index (χ1) is 13.2. The van der Waals surface area contributed by atoms with E-state index >= 15 is 0 Å². The van der Waals surface area contributed by atoms with Gasteiger partial charge in [-0.3, -0.25) is 9.36 Å². The lowest BCUT2D eigenvalue weighted by Gasteiger charge is -2.08. The van der Waals surface area contributed by atoms with Crippen LogP contribution in [-0.4, -0.2) is 16.2 Å². The van der Waals surface area contributed by atoms with Crippen LogP contribution in [0.25, 0.3) is 21.3 Å². The quantitative estimate of drug-likeness (QED) is 0.450. The monoisotopic (exact) mass is 376 g/mol. The average molecular weight is 376 g/mol. The first kappa shape index (κ1) is 17.5. The SMILES string of the molecule is Cc1ccc(OCCCn2cnc3scc(-c4ccccc4)c3c2=O)cc1. The Balaban J connectivity index is 1.50. The van der Waals surface area contributed by atoms with Gasteiger partial charge in [0.1, 0.15) is 10.6 Å². The van der Waals surface area contributed by atoms with Gasteiger partial charge in [-0.25, -0.2) is 4.98 Å². The Hall–Kier alpha value is -2.92. The summed E-state index contributed by atoms with van der Waals surface area (Å²) in [6, 6.07) is 18.0. The zero-order valence-electron chi connectivity index (χ0n) is 15.1. The molecular weight excluding hydrogens is 356 g/mol. The number of benzene rings is 2. The molecule has 2 heterocycles. The van der Waals surface area contributed by atoms with E-state index in [9.17, 15) is 4.79 Å². The zero-order valence-corrected chi connectivity index (χ0v) is 15.9. The van der Waals surface area contributed by atoms with Crippen molar-refractivity contribution < 1.29 is 4.74 Å². The van der Waals surface area contributed by atoms with E-state index in [1.54, 1.807) is 10.9 Å². The van der Waals surface area contributed by atoms with E-state index in [-0.39, 0.29) is 5.56 Å². The van der Waals surface area contributed by atoms with E-state index < -0.39 is 0 Å². The minimum absolute atomic E-state index is 0.00967. The van der Waals surface area contributed by atoms with Crippen molar-refractivity contribution in [2.24, 2.45) is 0 Å². The molecule has 4 aromatic rings. The van der Waals surface area contributed by atoms with E-state index in [4.69, 9.17) is 4.74 Å². The Morgan fingerprint density at radius 3 is 2.63 bits per heavy atom. The highest BCUT2D eigenvalue weighted by molar-refractivity contribution is 7.17. The Morgan fingerprint density at radius 1 is 1.07 bits per heavy atom. The van der Waals surface area contributed by atoms with Gasteiger partial charge in [0, 0.05) is 17.5 Å². The number of aromatic nitrogens is 2. The number of rotatable bonds is 6. The van der Waals surface area contributed by atoms with Gasteiger partial charge in [-0.05, 0) is 31.0 Å². The second-order valence-electron chi connectivity index (χ2n) is 6.45. The third kappa shape index (κ3) is 3.78. The van der Waals surface area contributed by atoms with Gasteiger partial charge in [0.05, 0.1) is 18.3 Å². The van der Waals surface area contributed by atoms with E-state index in [0.717, 1.165) is 28.1 Å². The molecule has 5 heteroatoms. The van der Waals surface area contributed by atoms with Crippen molar-refractivity contribution >= 4 is 21.6 Å². The molecule has 0 bridgehead atoms. The predicted molar refractivity (Wildman–Crippen MR) is 111 cm³/mol. The smallest absolute Gasteiger partial charge is 0.262 e. The minimum atomic E-state index is 0.00967. The number of ether oxygens (including phenoxy) is 1. The molecule has 0 saturated carbocycles. The zero-order chi connectivity index (χ0) is 18.6. The molecule has 0 N–H and O–H groups in total. The molecule has 2 aromatic carbocycles. The van der Waals surface area contributed by atoms with Crippen LogP contribution >= 0.6 is 11.3 Å². The molecule has 0 atom stereocenters. The molecule has 0 radical (unpaired) electrons. The predicted octanol–water partition coefficient (Wildman–Crippen LogP) is 4.90. The molecule has 4 nitrogen and oxygen atoms in total. The normalized spacial score (nSPS) is 11.0. The molecule has 2 aromatic heterocycles. The van der Waals surface area contributed by atoms with Crippen LogP contribution in [0.15, 0.2) is 71.1 Å². The fourth-order valence-electron chi connectivity index (χ4n) is 3.02. The highest BCUT2D eigenvalue weighted by atomic mass is 32.1. The summed E-state index contributed by atoms with van der Waals surface area (Å²) in [5.74, 6) is 0.853. The van der Waals surface area contributed by atoms with Crippen LogP contribution in [0.2, 0.25) is 0 Å². The number of thiophene rings is 1. The summed E-state index contributed by atoms with van der Waals surface area (Å²) >= 11 is 1.51. The standard InChI is InChI=1S/C22H20N2O2S/c1-16-8-10-18(11-9-16)26-13-5-12-24-15-23-21-20(22(24)25)19(14-27-21)17-6-3-2-4-7-17/h2-4,6-11,14-15H,5,12-13H2,1H3. The second kappa shape index (κ2) is 7.76. The van der Waals surface area contributed by atoms with Crippen LogP contribution in [0.3, 0.4) is 0 Å². The minimum Gasteiger partial charge on any atom is -0.494 e. The summed E-state index contributed by atoms with van der Waals surface area (Å²) in [7, 11) is 0. The van der Waals surface area contributed by atoms with Crippen molar-refractivity contribution in [3.05, 3.63) is 82.2 Å². The summed E-state index contributed by atoms with van der Waals surface area (Å²) in [6.45, 7) is 3.19. The van der Waals surface area contributed by atoms with Gasteiger partial charge in [-0.15, -0.1) is 11.3 Å². The summed E-state index contributed by atoms with van der Waals surface area (Å²) < 4.78 is 7.43. The lowest BCUT2D eigenvalue weighted by Crippen LogP contribution is -2.21. The third-order valence-electron chi connectivity index (χ3n) is 4.48. The fourth-order valence-corrected chi connectivity index (χ4v) is 3.92. The van der Waals surface area contributed by atoms with E-state index in [1.807, 2.05) is 66.9 Å². The number of hydrogen-bond acceptors (Lipinski definition) is 4. The van der Waals surface area contributed by atoms with Crippen LogP contribution in [0, 0.1) is 6.92 Å². The summed E-state index contributed by atoms with van der Waals surface area (Å²) in [6.07, 6.45) is 2.38. The first-order valence-corrected chi connectivity index (χ1v) is 9.82. The topological polar surface area (TPSA) is 44.1 Å².